The van der Waals surface area contributed by atoms with Gasteiger partial charge in [0.1, 0.15) is 12.7 Å². The lowest BCUT2D eigenvalue weighted by atomic mass is 9.78. The van der Waals surface area contributed by atoms with E-state index < -0.39 is 23.4 Å². The highest BCUT2D eigenvalue weighted by Gasteiger charge is 2.42. The SMILES string of the molecule is COCCOCCOCCOCCOCCOCCOCCOCCN(CCl)C(=O)OCc1ccc(OC2OC(C(C)=O)C(C)[C@H](C)[C@@H]2C)c([N+](=O)[O-])c1. The zero-order chi connectivity index (χ0) is 39.6. The van der Waals surface area contributed by atoms with Crippen molar-refractivity contribution in [2.75, 3.05) is 119 Å². The van der Waals surface area contributed by atoms with Gasteiger partial charge in [-0.1, -0.05) is 26.8 Å². The van der Waals surface area contributed by atoms with Crippen LogP contribution in [0.15, 0.2) is 18.2 Å². The maximum atomic E-state index is 12.6. The van der Waals surface area contributed by atoms with Gasteiger partial charge < -0.3 is 52.1 Å². The van der Waals surface area contributed by atoms with Crippen LogP contribution in [0.3, 0.4) is 0 Å². The first-order valence-corrected chi connectivity index (χ1v) is 18.7. The van der Waals surface area contributed by atoms with Crippen LogP contribution >= 0.6 is 11.6 Å². The molecular weight excluding hydrogens is 736 g/mol. The molecule has 1 fully saturated rings. The van der Waals surface area contributed by atoms with Crippen LogP contribution in [-0.4, -0.2) is 153 Å². The third-order valence-electron chi connectivity index (χ3n) is 8.64. The fourth-order valence-electron chi connectivity index (χ4n) is 5.19. The van der Waals surface area contributed by atoms with E-state index in [-0.39, 0.29) is 60.7 Å². The number of alkyl halides is 1. The summed E-state index contributed by atoms with van der Waals surface area (Å²) in [6.45, 7) is 13.9. The first-order chi connectivity index (χ1) is 26.1. The summed E-state index contributed by atoms with van der Waals surface area (Å²) in [4.78, 5) is 37.3. The number of Topliss-reactive ketones (excluding diaryl/α,β-unsaturated/α-hetero) is 1. The molecule has 1 aliphatic rings. The van der Waals surface area contributed by atoms with Crippen molar-refractivity contribution in [3.05, 3.63) is 33.9 Å². The highest BCUT2D eigenvalue weighted by atomic mass is 35.5. The minimum atomic E-state index is -0.846. The molecule has 0 aliphatic carbocycles. The van der Waals surface area contributed by atoms with Crippen LogP contribution in [0.4, 0.5) is 10.5 Å². The molecule has 1 aliphatic heterocycles. The summed E-state index contributed by atoms with van der Waals surface area (Å²) >= 11 is 5.95. The molecule has 0 bridgehead atoms. The average Bonchev–Trinajstić information content (AvgIpc) is 3.15. The normalized spacial score (nSPS) is 19.8. The van der Waals surface area contributed by atoms with Crippen LogP contribution in [0.1, 0.15) is 33.3 Å². The summed E-state index contributed by atoms with van der Waals surface area (Å²) < 4.78 is 60.2. The largest absolute Gasteiger partial charge is 0.457 e. The maximum absolute atomic E-state index is 12.6. The lowest BCUT2D eigenvalue weighted by Crippen LogP contribution is -2.49. The quantitative estimate of drug-likeness (QED) is 0.0344. The van der Waals surface area contributed by atoms with Crippen molar-refractivity contribution in [1.29, 1.82) is 0 Å². The molecule has 0 aromatic heterocycles. The number of methoxy groups -OCH3 is 1. The van der Waals surface area contributed by atoms with Crippen molar-refractivity contribution >= 4 is 29.2 Å². The number of nitro benzene ring substituents is 1. The Labute approximate surface area is 323 Å². The van der Waals surface area contributed by atoms with E-state index in [1.165, 1.54) is 24.0 Å². The summed E-state index contributed by atoms with van der Waals surface area (Å²) in [7, 11) is 1.63. The molecule has 1 aromatic rings. The van der Waals surface area contributed by atoms with Gasteiger partial charge in [0.05, 0.1) is 110 Å². The monoisotopic (exact) mass is 794 g/mol. The number of ether oxygens (including phenoxy) is 11. The van der Waals surface area contributed by atoms with Crippen LogP contribution in [0.5, 0.6) is 5.75 Å². The van der Waals surface area contributed by atoms with Crippen LogP contribution in [0, 0.1) is 27.9 Å². The molecule has 2 rings (SSSR count). The Bertz CT molecular complexity index is 1200. The number of benzene rings is 1. The molecule has 0 N–H and O–H groups in total. The van der Waals surface area contributed by atoms with Gasteiger partial charge in [0.15, 0.2) is 11.5 Å². The number of hydrogen-bond donors (Lipinski definition) is 0. The number of rotatable bonds is 31. The number of nitrogens with zero attached hydrogens (tertiary/aromatic N) is 2. The van der Waals surface area contributed by atoms with E-state index in [9.17, 15) is 19.7 Å². The number of carbonyl (C=O) groups excluding carboxylic acids is 2. The molecule has 310 valence electrons. The van der Waals surface area contributed by atoms with Gasteiger partial charge in [0.2, 0.25) is 6.29 Å². The van der Waals surface area contributed by atoms with Gasteiger partial charge in [-0.2, -0.15) is 0 Å². The number of ketones is 1. The Morgan fingerprint density at radius 1 is 0.759 bits per heavy atom. The minimum Gasteiger partial charge on any atom is -0.457 e. The molecule has 5 atom stereocenters. The predicted octanol–water partition coefficient (Wildman–Crippen LogP) is 4.09. The highest BCUT2D eigenvalue weighted by Crippen LogP contribution is 2.38. The fraction of sp³-hybridized carbons (Fsp3) is 0.778. The standard InChI is InChI=1S/C36H59ClN2O15/c1-27-28(2)34(30(4)40)54-35(29(27)3)53-33-7-6-31(24-32(33)39(42)43)25-52-36(41)38(26-37)8-9-45-12-13-47-16-17-49-20-21-51-23-22-50-19-18-48-15-14-46-11-10-44-5/h6-7,24,27-29,34-35H,8-23,25-26H2,1-5H3/t27-,28?,29-,34?,35?/m0/s1. The van der Waals surface area contributed by atoms with E-state index in [1.54, 1.807) is 13.2 Å². The Morgan fingerprint density at radius 2 is 1.24 bits per heavy atom. The number of amides is 1. The predicted molar refractivity (Wildman–Crippen MR) is 196 cm³/mol. The molecule has 1 amide bonds. The highest BCUT2D eigenvalue weighted by molar-refractivity contribution is 6.18. The van der Waals surface area contributed by atoms with E-state index in [2.05, 4.69) is 0 Å². The second-order valence-electron chi connectivity index (χ2n) is 12.5. The van der Waals surface area contributed by atoms with E-state index in [0.29, 0.717) is 98.1 Å². The molecule has 0 radical (unpaired) electrons. The molecule has 3 unspecified atom stereocenters. The lowest BCUT2D eigenvalue weighted by Gasteiger charge is -2.42. The summed E-state index contributed by atoms with van der Waals surface area (Å²) in [6, 6.07) is 4.13. The molecule has 17 nitrogen and oxygen atoms in total. The Balaban J connectivity index is 1.53. The van der Waals surface area contributed by atoms with Crippen molar-refractivity contribution in [3.63, 3.8) is 0 Å². The zero-order valence-electron chi connectivity index (χ0n) is 32.2. The van der Waals surface area contributed by atoms with E-state index in [1.807, 2.05) is 20.8 Å². The van der Waals surface area contributed by atoms with Crippen molar-refractivity contribution in [2.24, 2.45) is 17.8 Å². The fourth-order valence-corrected chi connectivity index (χ4v) is 5.41. The van der Waals surface area contributed by atoms with Gasteiger partial charge in [0, 0.05) is 25.6 Å². The minimum absolute atomic E-state index is 0.00937. The van der Waals surface area contributed by atoms with Gasteiger partial charge >= 0.3 is 11.8 Å². The Morgan fingerprint density at radius 3 is 1.69 bits per heavy atom. The molecule has 18 heteroatoms. The van der Waals surface area contributed by atoms with Crippen LogP contribution in [0.2, 0.25) is 0 Å². The van der Waals surface area contributed by atoms with Gasteiger partial charge in [-0.3, -0.25) is 19.8 Å². The van der Waals surface area contributed by atoms with Crippen LogP contribution in [0.25, 0.3) is 0 Å². The summed E-state index contributed by atoms with van der Waals surface area (Å²) in [5.41, 5.74) is 0.0601. The Hall–Kier alpha value is -2.71. The maximum Gasteiger partial charge on any atom is 0.411 e. The molecule has 0 spiro atoms. The zero-order valence-corrected chi connectivity index (χ0v) is 33.0. The van der Waals surface area contributed by atoms with Crippen molar-refractivity contribution in [2.45, 2.75) is 46.7 Å². The molecular formula is C36H59ClN2O15. The third kappa shape index (κ3) is 18.8. The van der Waals surface area contributed by atoms with E-state index in [0.717, 1.165) is 0 Å². The smallest absolute Gasteiger partial charge is 0.411 e. The summed E-state index contributed by atoms with van der Waals surface area (Å²) in [6.07, 6.45) is -2.21. The topological polar surface area (TPSA) is 182 Å². The van der Waals surface area contributed by atoms with Crippen molar-refractivity contribution in [3.8, 4) is 5.75 Å². The number of carbonyl (C=O) groups is 2. The second kappa shape index (κ2) is 28.7. The van der Waals surface area contributed by atoms with Crippen molar-refractivity contribution < 1.29 is 66.6 Å². The van der Waals surface area contributed by atoms with Crippen LogP contribution in [-0.2, 0) is 58.8 Å². The van der Waals surface area contributed by atoms with Crippen molar-refractivity contribution in [1.82, 2.24) is 4.90 Å². The second-order valence-corrected chi connectivity index (χ2v) is 12.7. The van der Waals surface area contributed by atoms with Gasteiger partial charge in [-0.25, -0.2) is 4.79 Å². The van der Waals surface area contributed by atoms with E-state index >= 15 is 0 Å². The average molecular weight is 795 g/mol. The summed E-state index contributed by atoms with van der Waals surface area (Å²) in [5.74, 6) is -0.199. The van der Waals surface area contributed by atoms with Gasteiger partial charge in [-0.15, -0.1) is 11.6 Å². The van der Waals surface area contributed by atoms with E-state index in [4.69, 9.17) is 63.7 Å². The number of hydrogen-bond acceptors (Lipinski definition) is 15. The third-order valence-corrected chi connectivity index (χ3v) is 8.93. The first-order valence-electron chi connectivity index (χ1n) is 18.2. The van der Waals surface area contributed by atoms with Gasteiger partial charge in [0.25, 0.3) is 0 Å². The molecule has 54 heavy (non-hydrogen) atoms. The molecule has 1 aromatic carbocycles. The van der Waals surface area contributed by atoms with Gasteiger partial charge in [-0.05, 0) is 30.4 Å². The summed E-state index contributed by atoms with van der Waals surface area (Å²) in [5, 5.41) is 11.9. The lowest BCUT2D eigenvalue weighted by molar-refractivity contribution is -0.386. The molecule has 1 saturated heterocycles. The number of nitro groups is 1. The molecule has 0 saturated carbocycles. The van der Waals surface area contributed by atoms with Crippen LogP contribution < -0.4 is 4.74 Å². The number of halogens is 1. The Kier molecular flexibility index (Phi) is 25.2. The molecule has 1 heterocycles. The first kappa shape index (κ1) is 47.4.